The highest BCUT2D eigenvalue weighted by Crippen LogP contribution is 2.26. The summed E-state index contributed by atoms with van der Waals surface area (Å²) in [7, 11) is -4.23. The second-order valence-corrected chi connectivity index (χ2v) is 13.4. The molecule has 1 unspecified atom stereocenters. The van der Waals surface area contributed by atoms with Gasteiger partial charge in [-0.1, -0.05) is 91.2 Å². The van der Waals surface area contributed by atoms with E-state index in [0.29, 0.717) is 0 Å². The van der Waals surface area contributed by atoms with Gasteiger partial charge < -0.3 is 10.2 Å². The monoisotopic (exact) mass is 627 g/mol. The third-order valence-electron chi connectivity index (χ3n) is 8.17. The Hall–Kier alpha value is -4.50. The Bertz CT molecular complexity index is 1680. The quantitative estimate of drug-likeness (QED) is 0.208. The molecule has 1 fully saturated rings. The number of hydrogen-bond donors (Lipinski definition) is 1. The molecule has 0 spiro atoms. The number of anilines is 1. The fraction of sp³-hybridized carbons (Fsp3) is 0.278. The number of aryl methyl sites for hydroxylation is 1. The lowest BCUT2D eigenvalue weighted by molar-refractivity contribution is -0.140. The van der Waals surface area contributed by atoms with Crippen LogP contribution in [0.1, 0.15) is 42.4 Å². The van der Waals surface area contributed by atoms with Crippen LogP contribution in [0.3, 0.4) is 0 Å². The molecule has 2 amide bonds. The van der Waals surface area contributed by atoms with Crippen molar-refractivity contribution in [3.05, 3.63) is 132 Å². The number of hydrogen-bond acceptors (Lipinski definition) is 4. The molecule has 1 saturated carbocycles. The molecule has 0 saturated heterocycles. The van der Waals surface area contributed by atoms with E-state index >= 15 is 0 Å². The van der Waals surface area contributed by atoms with Crippen LogP contribution in [0.25, 0.3) is 0 Å². The number of carbonyl (C=O) groups excluding carboxylic acids is 2. The van der Waals surface area contributed by atoms with E-state index in [1.54, 1.807) is 18.2 Å². The first-order valence-electron chi connectivity index (χ1n) is 15.2. The maximum Gasteiger partial charge on any atom is 0.264 e. The minimum atomic E-state index is -4.23. The summed E-state index contributed by atoms with van der Waals surface area (Å²) < 4.78 is 42.9. The predicted molar refractivity (Wildman–Crippen MR) is 173 cm³/mol. The fourth-order valence-corrected chi connectivity index (χ4v) is 7.10. The van der Waals surface area contributed by atoms with Crippen molar-refractivity contribution in [2.45, 2.75) is 62.6 Å². The number of nitrogens with one attached hydrogen (secondary N) is 1. The van der Waals surface area contributed by atoms with Crippen molar-refractivity contribution < 1.29 is 22.4 Å². The van der Waals surface area contributed by atoms with Gasteiger partial charge in [0.25, 0.3) is 10.0 Å². The molecule has 4 aromatic rings. The van der Waals surface area contributed by atoms with E-state index in [1.165, 1.54) is 29.2 Å². The molecule has 0 bridgehead atoms. The minimum absolute atomic E-state index is 0.00739. The Labute approximate surface area is 264 Å². The zero-order chi connectivity index (χ0) is 31.8. The predicted octanol–water partition coefficient (Wildman–Crippen LogP) is 6.03. The zero-order valence-corrected chi connectivity index (χ0v) is 26.1. The van der Waals surface area contributed by atoms with E-state index in [-0.39, 0.29) is 35.5 Å². The molecule has 0 aliphatic heterocycles. The van der Waals surface area contributed by atoms with E-state index < -0.39 is 34.3 Å². The van der Waals surface area contributed by atoms with Gasteiger partial charge in [0.2, 0.25) is 11.8 Å². The molecule has 0 heterocycles. The summed E-state index contributed by atoms with van der Waals surface area (Å²) in [5.74, 6) is -1.36. The molecule has 1 atom stereocenters. The zero-order valence-electron chi connectivity index (χ0n) is 25.3. The van der Waals surface area contributed by atoms with Gasteiger partial charge in [-0.25, -0.2) is 12.8 Å². The topological polar surface area (TPSA) is 86.8 Å². The number of halogens is 1. The van der Waals surface area contributed by atoms with Crippen LogP contribution in [0.5, 0.6) is 0 Å². The van der Waals surface area contributed by atoms with Crippen LogP contribution in [0, 0.1) is 12.7 Å². The molecular formula is C36H38FN3O4S. The average molecular weight is 628 g/mol. The van der Waals surface area contributed by atoms with Crippen LogP contribution in [-0.4, -0.2) is 43.8 Å². The SMILES string of the molecule is Cc1ccc(CN(C(=O)CN(c2ccc(F)cc2)S(=O)(=O)c2ccccc2)C(Cc2ccccc2)C(=O)NC2CCCC2)cc1. The van der Waals surface area contributed by atoms with Crippen LogP contribution >= 0.6 is 0 Å². The molecule has 234 valence electrons. The standard InChI is InChI=1S/C36H38FN3O4S/c1-27-16-18-29(19-17-27)25-39(34(24-28-10-4-2-5-11-28)36(42)38-31-12-8-9-13-31)35(41)26-40(32-22-20-30(37)21-23-32)45(43,44)33-14-6-3-7-15-33/h2-7,10-11,14-23,31,34H,8-9,12-13,24-26H2,1H3,(H,38,42). The molecule has 7 nitrogen and oxygen atoms in total. The highest BCUT2D eigenvalue weighted by Gasteiger charge is 2.35. The Balaban J connectivity index is 1.55. The summed E-state index contributed by atoms with van der Waals surface area (Å²) in [6.07, 6.45) is 4.07. The van der Waals surface area contributed by atoms with Crippen molar-refractivity contribution in [3.63, 3.8) is 0 Å². The van der Waals surface area contributed by atoms with Crippen molar-refractivity contribution in [3.8, 4) is 0 Å². The summed E-state index contributed by atoms with van der Waals surface area (Å²) >= 11 is 0. The van der Waals surface area contributed by atoms with Crippen molar-refractivity contribution in [1.82, 2.24) is 10.2 Å². The van der Waals surface area contributed by atoms with Crippen LogP contribution < -0.4 is 9.62 Å². The second-order valence-electron chi connectivity index (χ2n) is 11.5. The van der Waals surface area contributed by atoms with Crippen molar-refractivity contribution in [2.24, 2.45) is 0 Å². The van der Waals surface area contributed by atoms with E-state index in [4.69, 9.17) is 0 Å². The lowest BCUT2D eigenvalue weighted by Crippen LogP contribution is -2.54. The normalized spacial score (nSPS) is 14.1. The summed E-state index contributed by atoms with van der Waals surface area (Å²) in [6.45, 7) is 1.48. The first-order chi connectivity index (χ1) is 21.7. The van der Waals surface area contributed by atoms with Gasteiger partial charge in [0.05, 0.1) is 10.6 Å². The van der Waals surface area contributed by atoms with Crippen LogP contribution in [-0.2, 0) is 32.6 Å². The molecule has 0 radical (unpaired) electrons. The van der Waals surface area contributed by atoms with Gasteiger partial charge in [0.1, 0.15) is 18.4 Å². The molecule has 0 aromatic heterocycles. The molecule has 4 aromatic carbocycles. The summed E-state index contributed by atoms with van der Waals surface area (Å²) in [5.41, 5.74) is 2.87. The molecular weight excluding hydrogens is 589 g/mol. The Kier molecular flexibility index (Phi) is 10.3. The van der Waals surface area contributed by atoms with E-state index in [0.717, 1.165) is 58.8 Å². The average Bonchev–Trinajstić information content (AvgIpc) is 3.57. The summed E-state index contributed by atoms with van der Waals surface area (Å²) in [4.78, 5) is 30.0. The van der Waals surface area contributed by atoms with Crippen molar-refractivity contribution >= 4 is 27.5 Å². The number of amides is 2. The van der Waals surface area contributed by atoms with Gasteiger partial charge in [-0.05, 0) is 67.3 Å². The minimum Gasteiger partial charge on any atom is -0.352 e. The third-order valence-corrected chi connectivity index (χ3v) is 9.96. The van der Waals surface area contributed by atoms with Gasteiger partial charge in [0.15, 0.2) is 0 Å². The first kappa shape index (κ1) is 31.9. The van der Waals surface area contributed by atoms with Gasteiger partial charge in [-0.15, -0.1) is 0 Å². The maximum absolute atomic E-state index is 14.5. The number of carbonyl (C=O) groups is 2. The summed E-state index contributed by atoms with van der Waals surface area (Å²) in [5, 5.41) is 3.17. The van der Waals surface area contributed by atoms with Crippen LogP contribution in [0.15, 0.2) is 114 Å². The van der Waals surface area contributed by atoms with E-state index in [2.05, 4.69) is 5.32 Å². The van der Waals surface area contributed by atoms with Crippen molar-refractivity contribution in [2.75, 3.05) is 10.8 Å². The molecule has 5 rings (SSSR count). The number of rotatable bonds is 12. The third kappa shape index (κ3) is 8.16. The fourth-order valence-electron chi connectivity index (χ4n) is 5.67. The lowest BCUT2D eigenvalue weighted by Gasteiger charge is -2.34. The maximum atomic E-state index is 14.5. The first-order valence-corrected chi connectivity index (χ1v) is 16.7. The van der Waals surface area contributed by atoms with E-state index in [9.17, 15) is 22.4 Å². The van der Waals surface area contributed by atoms with Gasteiger partial charge in [-0.2, -0.15) is 0 Å². The second kappa shape index (κ2) is 14.5. The van der Waals surface area contributed by atoms with Gasteiger partial charge in [-0.3, -0.25) is 13.9 Å². The van der Waals surface area contributed by atoms with Crippen LogP contribution in [0.2, 0.25) is 0 Å². The number of sulfonamides is 1. The van der Waals surface area contributed by atoms with Gasteiger partial charge in [0, 0.05) is 19.0 Å². The molecule has 45 heavy (non-hydrogen) atoms. The lowest BCUT2D eigenvalue weighted by atomic mass is 10.0. The Morgan fingerprint density at radius 3 is 2.04 bits per heavy atom. The molecule has 1 aliphatic rings. The van der Waals surface area contributed by atoms with Gasteiger partial charge >= 0.3 is 0 Å². The number of nitrogens with zero attached hydrogens (tertiary/aromatic N) is 2. The highest BCUT2D eigenvalue weighted by atomic mass is 32.2. The largest absolute Gasteiger partial charge is 0.352 e. The highest BCUT2D eigenvalue weighted by molar-refractivity contribution is 7.92. The molecule has 1 N–H and O–H groups in total. The Morgan fingerprint density at radius 1 is 0.822 bits per heavy atom. The smallest absolute Gasteiger partial charge is 0.264 e. The molecule has 1 aliphatic carbocycles. The number of benzene rings is 4. The molecule has 9 heteroatoms. The van der Waals surface area contributed by atoms with E-state index in [1.807, 2.05) is 61.5 Å². The Morgan fingerprint density at radius 2 is 1.42 bits per heavy atom. The summed E-state index contributed by atoms with van der Waals surface area (Å²) in [6, 6.07) is 29.1. The van der Waals surface area contributed by atoms with Crippen LogP contribution in [0.4, 0.5) is 10.1 Å². The van der Waals surface area contributed by atoms with Crippen molar-refractivity contribution in [1.29, 1.82) is 0 Å².